The molecule has 0 aromatic carbocycles. The van der Waals surface area contributed by atoms with E-state index in [-0.39, 0.29) is 5.91 Å². The molecule has 5 heteroatoms. The number of thioether (sulfide) groups is 1. The van der Waals surface area contributed by atoms with Crippen LogP contribution in [0.25, 0.3) is 0 Å². The van der Waals surface area contributed by atoms with Gasteiger partial charge in [0, 0.05) is 5.41 Å². The number of amides is 1. The Morgan fingerprint density at radius 1 is 1.42 bits per heavy atom. The summed E-state index contributed by atoms with van der Waals surface area (Å²) in [4.78, 5) is 12.1. The first-order valence-electron chi connectivity index (χ1n) is 6.67. The molecule has 1 aliphatic carbocycles. The Morgan fingerprint density at radius 3 is 2.63 bits per heavy atom. The van der Waals surface area contributed by atoms with Crippen molar-refractivity contribution in [2.45, 2.75) is 39.0 Å². The molecule has 1 N–H and O–H groups in total. The Morgan fingerprint density at radius 2 is 2.11 bits per heavy atom. The van der Waals surface area contributed by atoms with E-state index in [1.165, 1.54) is 11.8 Å². The van der Waals surface area contributed by atoms with E-state index in [0.717, 1.165) is 37.9 Å². The normalized spacial score (nSPS) is 25.0. The van der Waals surface area contributed by atoms with Crippen LogP contribution in [-0.2, 0) is 4.79 Å². The molecule has 19 heavy (non-hydrogen) atoms. The second-order valence-electron chi connectivity index (χ2n) is 5.08. The SMILES string of the molecule is CCCSC1=C(C#N)C2(CCCC2)[C@H](C#N)C(=O)N1. The van der Waals surface area contributed by atoms with Gasteiger partial charge in [0.1, 0.15) is 5.92 Å². The molecule has 2 aliphatic rings. The maximum absolute atomic E-state index is 12.1. The summed E-state index contributed by atoms with van der Waals surface area (Å²) in [7, 11) is 0. The van der Waals surface area contributed by atoms with E-state index in [9.17, 15) is 15.3 Å². The van der Waals surface area contributed by atoms with Crippen molar-refractivity contribution in [3.05, 3.63) is 10.6 Å². The van der Waals surface area contributed by atoms with Gasteiger partial charge in [0.2, 0.25) is 5.91 Å². The second kappa shape index (κ2) is 5.67. The van der Waals surface area contributed by atoms with Crippen LogP contribution < -0.4 is 5.32 Å². The molecule has 0 unspecified atom stereocenters. The average Bonchev–Trinajstić information content (AvgIpc) is 2.86. The molecule has 1 amide bonds. The Hall–Kier alpha value is -1.46. The second-order valence-corrected chi connectivity index (χ2v) is 6.18. The van der Waals surface area contributed by atoms with Gasteiger partial charge in [-0.2, -0.15) is 10.5 Å². The maximum atomic E-state index is 12.1. The molecule has 1 heterocycles. The molecule has 0 aromatic rings. The summed E-state index contributed by atoms with van der Waals surface area (Å²) < 4.78 is 0. The van der Waals surface area contributed by atoms with Crippen LogP contribution in [0.15, 0.2) is 10.6 Å². The maximum Gasteiger partial charge on any atom is 0.243 e. The number of carbonyl (C=O) groups is 1. The molecule has 0 bridgehead atoms. The zero-order valence-electron chi connectivity index (χ0n) is 11.0. The summed E-state index contributed by atoms with van der Waals surface area (Å²) in [5, 5.41) is 22.3. The van der Waals surface area contributed by atoms with Gasteiger partial charge in [0.05, 0.1) is 22.7 Å². The molecule has 1 spiro atoms. The van der Waals surface area contributed by atoms with E-state index in [1.807, 2.05) is 0 Å². The lowest BCUT2D eigenvalue weighted by molar-refractivity contribution is -0.126. The lowest BCUT2D eigenvalue weighted by atomic mass is 9.67. The summed E-state index contributed by atoms with van der Waals surface area (Å²) in [6, 6.07) is 4.39. The van der Waals surface area contributed by atoms with Crippen molar-refractivity contribution in [2.24, 2.45) is 11.3 Å². The van der Waals surface area contributed by atoms with Crippen LogP contribution in [0.1, 0.15) is 39.0 Å². The molecular weight excluding hydrogens is 258 g/mol. The van der Waals surface area contributed by atoms with Crippen molar-refractivity contribution in [3.63, 3.8) is 0 Å². The molecular formula is C14H17N3OS. The summed E-state index contributed by atoms with van der Waals surface area (Å²) >= 11 is 1.52. The smallest absolute Gasteiger partial charge is 0.243 e. The van der Waals surface area contributed by atoms with E-state index < -0.39 is 11.3 Å². The minimum atomic E-state index is -0.712. The van der Waals surface area contributed by atoms with Crippen LogP contribution in [0.3, 0.4) is 0 Å². The lowest BCUT2D eigenvalue weighted by Crippen LogP contribution is -2.46. The van der Waals surface area contributed by atoms with Crippen molar-refractivity contribution in [1.82, 2.24) is 5.32 Å². The van der Waals surface area contributed by atoms with Gasteiger partial charge in [0.15, 0.2) is 0 Å². The molecule has 1 fully saturated rings. The van der Waals surface area contributed by atoms with E-state index >= 15 is 0 Å². The zero-order valence-corrected chi connectivity index (χ0v) is 11.8. The molecule has 1 saturated carbocycles. The fraction of sp³-hybridized carbons (Fsp3) is 0.643. The van der Waals surface area contributed by atoms with Crippen molar-refractivity contribution in [1.29, 1.82) is 10.5 Å². The van der Waals surface area contributed by atoms with E-state index in [1.54, 1.807) is 0 Å². The van der Waals surface area contributed by atoms with Crippen molar-refractivity contribution >= 4 is 17.7 Å². The number of nitrogens with one attached hydrogen (secondary N) is 1. The number of hydrogen-bond donors (Lipinski definition) is 1. The zero-order chi connectivity index (χ0) is 13.9. The third kappa shape index (κ3) is 2.24. The van der Waals surface area contributed by atoms with Gasteiger partial charge < -0.3 is 5.32 Å². The quantitative estimate of drug-likeness (QED) is 0.859. The van der Waals surface area contributed by atoms with E-state index in [4.69, 9.17) is 0 Å². The van der Waals surface area contributed by atoms with Gasteiger partial charge in [0.25, 0.3) is 0 Å². The molecule has 2 rings (SSSR count). The molecule has 4 nitrogen and oxygen atoms in total. The summed E-state index contributed by atoms with van der Waals surface area (Å²) in [5.74, 6) is -0.0775. The number of nitrogens with zero attached hydrogens (tertiary/aromatic N) is 2. The fourth-order valence-corrected chi connectivity index (χ4v) is 4.04. The number of allylic oxidation sites excluding steroid dienone is 1. The Kier molecular flexibility index (Phi) is 4.17. The third-order valence-corrected chi connectivity index (χ3v) is 5.17. The van der Waals surface area contributed by atoms with Gasteiger partial charge in [-0.1, -0.05) is 19.8 Å². The van der Waals surface area contributed by atoms with Gasteiger partial charge in [-0.25, -0.2) is 0 Å². The largest absolute Gasteiger partial charge is 0.319 e. The molecule has 0 aromatic heterocycles. The van der Waals surface area contributed by atoms with E-state index in [2.05, 4.69) is 24.4 Å². The van der Waals surface area contributed by atoms with Gasteiger partial charge in [-0.3, -0.25) is 4.79 Å². The van der Waals surface area contributed by atoms with Gasteiger partial charge >= 0.3 is 0 Å². The fourth-order valence-electron chi connectivity index (χ4n) is 3.07. The van der Waals surface area contributed by atoms with Crippen LogP contribution in [-0.4, -0.2) is 11.7 Å². The number of nitriles is 2. The standard InChI is InChI=1S/C14H17N3OS/c1-2-7-19-13-11(9-16)14(5-3-4-6-14)10(8-15)12(18)17-13/h10H,2-7H2,1H3,(H,17,18)/t10-/m1/s1. The number of rotatable bonds is 3. The molecule has 0 saturated heterocycles. The highest BCUT2D eigenvalue weighted by Crippen LogP contribution is 2.53. The summed E-state index contributed by atoms with van der Waals surface area (Å²) in [5.41, 5.74) is 0.108. The predicted octanol–water partition coefficient (Wildman–Crippen LogP) is 2.69. The van der Waals surface area contributed by atoms with Gasteiger partial charge in [-0.05, 0) is 25.0 Å². The predicted molar refractivity (Wildman–Crippen MR) is 73.5 cm³/mol. The first-order valence-corrected chi connectivity index (χ1v) is 7.66. The topological polar surface area (TPSA) is 76.7 Å². The molecule has 100 valence electrons. The van der Waals surface area contributed by atoms with Gasteiger partial charge in [-0.15, -0.1) is 11.8 Å². The Labute approximate surface area is 117 Å². The number of hydrogen-bond acceptors (Lipinski definition) is 4. The Balaban J connectivity index is 2.47. The highest BCUT2D eigenvalue weighted by molar-refractivity contribution is 8.03. The summed E-state index contributed by atoms with van der Waals surface area (Å²) in [6.07, 6.45) is 4.51. The molecule has 0 radical (unpaired) electrons. The minimum Gasteiger partial charge on any atom is -0.319 e. The third-order valence-electron chi connectivity index (χ3n) is 3.96. The van der Waals surface area contributed by atoms with Crippen LogP contribution in [0.4, 0.5) is 0 Å². The van der Waals surface area contributed by atoms with Crippen molar-refractivity contribution in [3.8, 4) is 12.1 Å². The van der Waals surface area contributed by atoms with Crippen LogP contribution >= 0.6 is 11.8 Å². The minimum absolute atomic E-state index is 0.234. The molecule has 1 atom stereocenters. The van der Waals surface area contributed by atoms with Crippen molar-refractivity contribution in [2.75, 3.05) is 5.75 Å². The van der Waals surface area contributed by atoms with Crippen LogP contribution in [0.5, 0.6) is 0 Å². The van der Waals surface area contributed by atoms with Crippen LogP contribution in [0, 0.1) is 34.0 Å². The highest BCUT2D eigenvalue weighted by atomic mass is 32.2. The van der Waals surface area contributed by atoms with E-state index in [0.29, 0.717) is 10.6 Å². The van der Waals surface area contributed by atoms with Crippen LogP contribution in [0.2, 0.25) is 0 Å². The lowest BCUT2D eigenvalue weighted by Gasteiger charge is -2.37. The first kappa shape index (κ1) is 14.0. The molecule has 1 aliphatic heterocycles. The Bertz CT molecular complexity index is 492. The first-order chi connectivity index (χ1) is 9.19. The number of carbonyl (C=O) groups excluding carboxylic acids is 1. The summed E-state index contributed by atoms with van der Waals surface area (Å²) in [6.45, 7) is 2.06. The van der Waals surface area contributed by atoms with Crippen molar-refractivity contribution < 1.29 is 4.79 Å². The monoisotopic (exact) mass is 275 g/mol. The highest BCUT2D eigenvalue weighted by Gasteiger charge is 2.52. The average molecular weight is 275 g/mol.